The largest absolute Gasteiger partial charge is 0.417 e. The highest BCUT2D eigenvalue weighted by Gasteiger charge is 2.35. The lowest BCUT2D eigenvalue weighted by Gasteiger charge is -2.22. The maximum Gasteiger partial charge on any atom is 0.417 e. The zero-order chi connectivity index (χ0) is 22.8. The molecule has 0 bridgehead atoms. The van der Waals surface area contributed by atoms with Gasteiger partial charge in [0.2, 0.25) is 0 Å². The summed E-state index contributed by atoms with van der Waals surface area (Å²) in [7, 11) is 0. The second-order valence-corrected chi connectivity index (χ2v) is 8.28. The van der Waals surface area contributed by atoms with Crippen molar-refractivity contribution in [3.05, 3.63) is 69.6 Å². The molecule has 10 heteroatoms. The van der Waals surface area contributed by atoms with Gasteiger partial charge in [0.05, 0.1) is 29.9 Å². The number of nitrogens with one attached hydrogen (secondary N) is 1. The third kappa shape index (κ3) is 5.42. The Kier molecular flexibility index (Phi) is 6.38. The van der Waals surface area contributed by atoms with Crippen LogP contribution in [0.1, 0.15) is 18.1 Å². The lowest BCUT2D eigenvalue weighted by atomic mass is 10.0. The van der Waals surface area contributed by atoms with Crippen molar-refractivity contribution in [2.24, 2.45) is 0 Å². The fourth-order valence-electron chi connectivity index (χ4n) is 2.85. The molecule has 6 nitrogen and oxygen atoms in total. The number of hydrogen-bond donors (Lipinski definition) is 2. The van der Waals surface area contributed by atoms with Crippen LogP contribution in [0.4, 0.5) is 18.9 Å². The van der Waals surface area contributed by atoms with Crippen LogP contribution < -0.4 is 5.32 Å². The molecule has 0 aliphatic carbocycles. The monoisotopic (exact) mass is 540 g/mol. The van der Waals surface area contributed by atoms with Crippen LogP contribution in [0, 0.1) is 14.9 Å². The van der Waals surface area contributed by atoms with Gasteiger partial charge in [0, 0.05) is 21.0 Å². The Morgan fingerprint density at radius 2 is 1.90 bits per heavy atom. The van der Waals surface area contributed by atoms with Crippen LogP contribution in [0.5, 0.6) is 0 Å². The van der Waals surface area contributed by atoms with Crippen molar-refractivity contribution in [3.63, 3.8) is 0 Å². The van der Waals surface area contributed by atoms with Crippen LogP contribution in [-0.4, -0.2) is 26.4 Å². The molecule has 0 saturated heterocycles. The predicted octanol–water partition coefficient (Wildman–Crippen LogP) is 4.43. The number of benzene rings is 2. The van der Waals surface area contributed by atoms with Gasteiger partial charge in [-0.05, 0) is 65.4 Å². The summed E-state index contributed by atoms with van der Waals surface area (Å²) in [5.74, 6) is -0.906. The van der Waals surface area contributed by atoms with Crippen LogP contribution in [-0.2, 0) is 17.5 Å². The van der Waals surface area contributed by atoms with Gasteiger partial charge < -0.3 is 10.4 Å². The van der Waals surface area contributed by atoms with E-state index in [0.29, 0.717) is 6.07 Å². The van der Waals surface area contributed by atoms with Crippen molar-refractivity contribution < 1.29 is 23.1 Å². The van der Waals surface area contributed by atoms with E-state index in [1.54, 1.807) is 12.4 Å². The van der Waals surface area contributed by atoms with E-state index in [0.717, 1.165) is 20.8 Å². The van der Waals surface area contributed by atoms with Crippen molar-refractivity contribution in [2.75, 3.05) is 5.32 Å². The van der Waals surface area contributed by atoms with Crippen LogP contribution in [0.2, 0.25) is 0 Å². The lowest BCUT2D eigenvalue weighted by Crippen LogP contribution is -2.43. The molecule has 0 aliphatic rings. The minimum Gasteiger partial charge on any atom is -0.378 e. The van der Waals surface area contributed by atoms with E-state index in [1.807, 2.05) is 24.3 Å². The number of amides is 1. The zero-order valence-electron chi connectivity index (χ0n) is 16.1. The van der Waals surface area contributed by atoms with Gasteiger partial charge in [-0.2, -0.15) is 23.5 Å². The highest BCUT2D eigenvalue weighted by molar-refractivity contribution is 14.1. The van der Waals surface area contributed by atoms with E-state index >= 15 is 0 Å². The molecule has 1 aromatic heterocycles. The molecule has 0 unspecified atom stereocenters. The fourth-order valence-corrected chi connectivity index (χ4v) is 3.21. The third-order valence-electron chi connectivity index (χ3n) is 4.47. The number of alkyl halides is 3. The second-order valence-electron chi connectivity index (χ2n) is 7.03. The molecule has 3 rings (SSSR count). The highest BCUT2D eigenvalue weighted by Crippen LogP contribution is 2.33. The van der Waals surface area contributed by atoms with Gasteiger partial charge in [-0.1, -0.05) is 12.1 Å². The maximum atomic E-state index is 13.1. The SMILES string of the molecule is C[C@](O)(Cn1cc(-c2ccc(I)cc2)cn1)C(=O)Nc1ccc(C#N)c(C(F)(F)F)c1. The standard InChI is InChI=1S/C21H16F3IN4O2/c1-20(31,12-29-11-15(10-27-29)13-2-5-16(25)6-3-13)19(30)28-17-7-4-14(9-26)18(8-17)21(22,23)24/h2-8,10-11,31H,12H2,1H3,(H,28,30)/t20-/m0/s1. The molecular formula is C21H16F3IN4O2. The van der Waals surface area contributed by atoms with Gasteiger partial charge in [-0.3, -0.25) is 9.48 Å². The fraction of sp³-hybridized carbons (Fsp3) is 0.190. The van der Waals surface area contributed by atoms with Crippen molar-refractivity contribution in [1.82, 2.24) is 9.78 Å². The van der Waals surface area contributed by atoms with Crippen LogP contribution in [0.3, 0.4) is 0 Å². The molecule has 2 N–H and O–H groups in total. The summed E-state index contributed by atoms with van der Waals surface area (Å²) in [5.41, 5.74) is -2.17. The predicted molar refractivity (Wildman–Crippen MR) is 116 cm³/mol. The summed E-state index contributed by atoms with van der Waals surface area (Å²) in [6.45, 7) is 1.02. The number of carbonyl (C=O) groups is 1. The number of nitriles is 1. The first-order valence-corrected chi connectivity index (χ1v) is 10.0. The molecule has 1 atom stereocenters. The Hall–Kier alpha value is -2.91. The molecule has 0 aliphatic heterocycles. The molecule has 0 fully saturated rings. The van der Waals surface area contributed by atoms with Gasteiger partial charge in [0.15, 0.2) is 5.60 Å². The van der Waals surface area contributed by atoms with Crippen LogP contribution in [0.25, 0.3) is 11.1 Å². The van der Waals surface area contributed by atoms with E-state index in [9.17, 15) is 23.1 Å². The minimum absolute atomic E-state index is 0.184. The van der Waals surface area contributed by atoms with E-state index in [2.05, 4.69) is 33.0 Å². The van der Waals surface area contributed by atoms with Gasteiger partial charge in [0.1, 0.15) is 0 Å². The Bertz CT molecular complexity index is 1150. The van der Waals surface area contributed by atoms with Crippen molar-refractivity contribution >= 4 is 34.2 Å². The van der Waals surface area contributed by atoms with E-state index < -0.39 is 28.8 Å². The molecule has 3 aromatic rings. The minimum atomic E-state index is -4.75. The number of halogens is 4. The molecular weight excluding hydrogens is 524 g/mol. The zero-order valence-corrected chi connectivity index (χ0v) is 18.3. The van der Waals surface area contributed by atoms with Crippen molar-refractivity contribution in [1.29, 1.82) is 5.26 Å². The molecule has 31 heavy (non-hydrogen) atoms. The second kappa shape index (κ2) is 8.68. The molecule has 0 radical (unpaired) electrons. The quantitative estimate of drug-likeness (QED) is 0.469. The summed E-state index contributed by atoms with van der Waals surface area (Å²) in [4.78, 5) is 12.5. The average Bonchev–Trinajstić information content (AvgIpc) is 3.15. The maximum absolute atomic E-state index is 13.1. The summed E-state index contributed by atoms with van der Waals surface area (Å²) >= 11 is 2.19. The van der Waals surface area contributed by atoms with Crippen molar-refractivity contribution in [3.8, 4) is 17.2 Å². The molecule has 1 heterocycles. The number of hydrogen-bond acceptors (Lipinski definition) is 4. The number of aliphatic hydroxyl groups is 1. The summed E-state index contributed by atoms with van der Waals surface area (Å²) < 4.78 is 41.8. The third-order valence-corrected chi connectivity index (χ3v) is 5.19. The van der Waals surface area contributed by atoms with E-state index in [4.69, 9.17) is 5.26 Å². The number of aromatic nitrogens is 2. The highest BCUT2D eigenvalue weighted by atomic mass is 127. The lowest BCUT2D eigenvalue weighted by molar-refractivity contribution is -0.138. The first-order chi connectivity index (χ1) is 14.5. The van der Waals surface area contributed by atoms with E-state index in [-0.39, 0.29) is 12.2 Å². The first kappa shape index (κ1) is 22.8. The Balaban J connectivity index is 1.75. The van der Waals surface area contributed by atoms with E-state index in [1.165, 1.54) is 23.7 Å². The number of anilines is 1. The Morgan fingerprint density at radius 3 is 2.52 bits per heavy atom. The van der Waals surface area contributed by atoms with Gasteiger partial charge >= 0.3 is 6.18 Å². The Morgan fingerprint density at radius 1 is 1.23 bits per heavy atom. The average molecular weight is 540 g/mol. The smallest absolute Gasteiger partial charge is 0.378 e. The van der Waals surface area contributed by atoms with Gasteiger partial charge in [-0.15, -0.1) is 0 Å². The molecule has 0 spiro atoms. The first-order valence-electron chi connectivity index (χ1n) is 8.93. The number of nitrogens with zero attached hydrogens (tertiary/aromatic N) is 3. The van der Waals surface area contributed by atoms with Gasteiger partial charge in [-0.25, -0.2) is 0 Å². The Labute approximate surface area is 189 Å². The number of carbonyl (C=O) groups excluding carboxylic acids is 1. The van der Waals surface area contributed by atoms with Gasteiger partial charge in [0.25, 0.3) is 5.91 Å². The molecule has 160 valence electrons. The molecule has 0 saturated carbocycles. The summed E-state index contributed by atoms with van der Waals surface area (Å²) in [6, 6.07) is 12.0. The number of rotatable bonds is 5. The van der Waals surface area contributed by atoms with Crippen molar-refractivity contribution in [2.45, 2.75) is 25.2 Å². The normalized spacial score (nSPS) is 13.3. The molecule has 1 amide bonds. The van der Waals surface area contributed by atoms with Crippen LogP contribution >= 0.6 is 22.6 Å². The molecule has 2 aromatic carbocycles. The van der Waals surface area contributed by atoms with Crippen LogP contribution in [0.15, 0.2) is 54.9 Å². The summed E-state index contributed by atoms with van der Waals surface area (Å²) in [5, 5.41) is 25.9. The summed E-state index contributed by atoms with van der Waals surface area (Å²) in [6.07, 6.45) is -1.50. The topological polar surface area (TPSA) is 90.9 Å².